The molecule has 0 saturated carbocycles. The molecule has 3 unspecified atom stereocenters. The maximum Gasteiger partial charge on any atom is 0.315 e. The molecule has 0 spiro atoms. The van der Waals surface area contributed by atoms with E-state index in [2.05, 4.69) is 10.6 Å². The van der Waals surface area contributed by atoms with Gasteiger partial charge in [-0.25, -0.2) is 4.79 Å². The van der Waals surface area contributed by atoms with E-state index in [1.165, 1.54) is 0 Å². The minimum Gasteiger partial charge on any atom is -0.481 e. The van der Waals surface area contributed by atoms with Crippen LogP contribution in [0.15, 0.2) is 12.2 Å². The lowest BCUT2D eigenvalue weighted by Gasteiger charge is -2.14. The Morgan fingerprint density at radius 1 is 1.53 bits per heavy atom. The smallest absolute Gasteiger partial charge is 0.315 e. The summed E-state index contributed by atoms with van der Waals surface area (Å²) in [6.45, 7) is 2.63. The van der Waals surface area contributed by atoms with Crippen LogP contribution in [0.2, 0.25) is 0 Å². The molecule has 17 heavy (non-hydrogen) atoms. The fourth-order valence-corrected chi connectivity index (χ4v) is 1.78. The molecule has 2 amide bonds. The second-order valence-electron chi connectivity index (χ2n) is 4.07. The lowest BCUT2D eigenvalue weighted by atomic mass is 10.1. The molecule has 0 aromatic carbocycles. The van der Waals surface area contributed by atoms with Gasteiger partial charge in [-0.1, -0.05) is 19.1 Å². The van der Waals surface area contributed by atoms with E-state index in [1.54, 1.807) is 23.9 Å². The number of carbonyl (C=O) groups excluding carboxylic acids is 1. The number of carbonyl (C=O) groups is 2. The lowest BCUT2D eigenvalue weighted by Crippen LogP contribution is -2.42. The van der Waals surface area contributed by atoms with Gasteiger partial charge in [-0.15, -0.1) is 0 Å². The fraction of sp³-hybridized carbons (Fsp3) is 0.636. The van der Waals surface area contributed by atoms with Gasteiger partial charge in [-0.05, 0) is 12.7 Å². The zero-order valence-corrected chi connectivity index (χ0v) is 10.8. The van der Waals surface area contributed by atoms with E-state index < -0.39 is 11.9 Å². The van der Waals surface area contributed by atoms with E-state index in [4.69, 9.17) is 5.11 Å². The standard InChI is InChI=1S/C11H18N2O3S/c1-7(17-2)6-12-11(16)13-9-4-3-8(5-9)10(14)15/h3-4,7-9H,5-6H2,1-2H3,(H,14,15)(H2,12,13,16). The Labute approximate surface area is 105 Å². The Hall–Kier alpha value is -1.17. The normalized spacial score (nSPS) is 24.4. The number of nitrogens with one attached hydrogen (secondary N) is 2. The second-order valence-corrected chi connectivity index (χ2v) is 5.35. The number of urea groups is 1. The van der Waals surface area contributed by atoms with Crippen molar-refractivity contribution in [3.05, 3.63) is 12.2 Å². The first kappa shape index (κ1) is 13.9. The van der Waals surface area contributed by atoms with Gasteiger partial charge in [-0.3, -0.25) is 4.79 Å². The van der Waals surface area contributed by atoms with Crippen molar-refractivity contribution in [2.45, 2.75) is 24.6 Å². The highest BCUT2D eigenvalue weighted by molar-refractivity contribution is 7.99. The Morgan fingerprint density at radius 2 is 2.24 bits per heavy atom. The zero-order valence-electron chi connectivity index (χ0n) is 9.97. The van der Waals surface area contributed by atoms with Crippen molar-refractivity contribution in [1.82, 2.24) is 10.6 Å². The number of carboxylic acid groups (broad SMARTS) is 1. The summed E-state index contributed by atoms with van der Waals surface area (Å²) in [6.07, 6.45) is 5.77. The summed E-state index contributed by atoms with van der Waals surface area (Å²) in [6, 6.07) is -0.424. The lowest BCUT2D eigenvalue weighted by molar-refractivity contribution is -0.140. The Bertz CT molecular complexity index is 320. The van der Waals surface area contributed by atoms with Crippen molar-refractivity contribution in [2.24, 2.45) is 5.92 Å². The Morgan fingerprint density at radius 3 is 2.76 bits per heavy atom. The van der Waals surface area contributed by atoms with Crippen LogP contribution in [-0.4, -0.2) is 41.2 Å². The van der Waals surface area contributed by atoms with E-state index >= 15 is 0 Å². The molecule has 6 heteroatoms. The molecule has 96 valence electrons. The van der Waals surface area contributed by atoms with E-state index in [1.807, 2.05) is 13.2 Å². The highest BCUT2D eigenvalue weighted by Crippen LogP contribution is 2.17. The van der Waals surface area contributed by atoms with Crippen molar-refractivity contribution in [1.29, 1.82) is 0 Å². The summed E-state index contributed by atoms with van der Waals surface area (Å²) in [5.74, 6) is -1.33. The van der Waals surface area contributed by atoms with E-state index in [0.29, 0.717) is 18.2 Å². The molecule has 1 rings (SSSR count). The summed E-state index contributed by atoms with van der Waals surface area (Å²) in [5.41, 5.74) is 0. The monoisotopic (exact) mass is 258 g/mol. The molecule has 3 N–H and O–H groups in total. The van der Waals surface area contributed by atoms with Crippen LogP contribution in [0.4, 0.5) is 4.79 Å². The topological polar surface area (TPSA) is 78.4 Å². The minimum atomic E-state index is -0.845. The average Bonchev–Trinajstić information content (AvgIpc) is 2.74. The maximum absolute atomic E-state index is 11.5. The van der Waals surface area contributed by atoms with Gasteiger partial charge < -0.3 is 15.7 Å². The summed E-state index contributed by atoms with van der Waals surface area (Å²) in [4.78, 5) is 22.2. The molecule has 0 radical (unpaired) electrons. The summed E-state index contributed by atoms with van der Waals surface area (Å²) in [5, 5.41) is 14.6. The zero-order chi connectivity index (χ0) is 12.8. The van der Waals surface area contributed by atoms with Gasteiger partial charge in [0.1, 0.15) is 0 Å². The van der Waals surface area contributed by atoms with E-state index in [-0.39, 0.29) is 12.1 Å². The number of hydrogen-bond donors (Lipinski definition) is 3. The first-order chi connectivity index (χ1) is 8.02. The third-order valence-corrected chi connectivity index (χ3v) is 3.64. The second kappa shape index (κ2) is 6.54. The molecule has 0 aliphatic heterocycles. The summed E-state index contributed by atoms with van der Waals surface area (Å²) >= 11 is 1.68. The third kappa shape index (κ3) is 4.68. The minimum absolute atomic E-state index is 0.180. The molecule has 1 aliphatic carbocycles. The number of amides is 2. The first-order valence-corrected chi connectivity index (χ1v) is 6.80. The molecular weight excluding hydrogens is 240 g/mol. The van der Waals surface area contributed by atoms with E-state index in [9.17, 15) is 9.59 Å². The Balaban J connectivity index is 2.25. The molecule has 0 saturated heterocycles. The van der Waals surface area contributed by atoms with E-state index in [0.717, 1.165) is 0 Å². The number of rotatable bonds is 5. The van der Waals surface area contributed by atoms with Crippen molar-refractivity contribution < 1.29 is 14.7 Å². The molecule has 0 aromatic heterocycles. The molecule has 3 atom stereocenters. The van der Waals surface area contributed by atoms with Gasteiger partial charge in [0.05, 0.1) is 12.0 Å². The molecule has 0 aromatic rings. The summed E-state index contributed by atoms with van der Waals surface area (Å²) < 4.78 is 0. The van der Waals surface area contributed by atoms with Crippen LogP contribution < -0.4 is 10.6 Å². The van der Waals surface area contributed by atoms with Gasteiger partial charge in [0, 0.05) is 11.8 Å². The van der Waals surface area contributed by atoms with Crippen molar-refractivity contribution >= 4 is 23.8 Å². The molecular formula is C11H18N2O3S. The highest BCUT2D eigenvalue weighted by atomic mass is 32.2. The first-order valence-electron chi connectivity index (χ1n) is 5.51. The number of aliphatic carboxylic acids is 1. The highest BCUT2D eigenvalue weighted by Gasteiger charge is 2.25. The van der Waals surface area contributed by atoms with Gasteiger partial charge in [0.2, 0.25) is 0 Å². The fourth-order valence-electron chi connectivity index (χ4n) is 1.53. The number of hydrogen-bond acceptors (Lipinski definition) is 3. The number of carboxylic acids is 1. The quantitative estimate of drug-likeness (QED) is 0.644. The van der Waals surface area contributed by atoms with Crippen LogP contribution in [0.5, 0.6) is 0 Å². The van der Waals surface area contributed by atoms with Crippen LogP contribution in [0.25, 0.3) is 0 Å². The molecule has 0 bridgehead atoms. The SMILES string of the molecule is CSC(C)CNC(=O)NC1C=CC(C(=O)O)C1. The molecule has 5 nitrogen and oxygen atoms in total. The van der Waals surface area contributed by atoms with Crippen LogP contribution in [-0.2, 0) is 4.79 Å². The number of thioether (sulfide) groups is 1. The van der Waals surface area contributed by atoms with Crippen molar-refractivity contribution in [2.75, 3.05) is 12.8 Å². The average molecular weight is 258 g/mol. The van der Waals surface area contributed by atoms with Crippen LogP contribution in [0, 0.1) is 5.92 Å². The molecule has 1 aliphatic rings. The van der Waals surface area contributed by atoms with Crippen molar-refractivity contribution in [3.63, 3.8) is 0 Å². The Kier molecular flexibility index (Phi) is 5.34. The van der Waals surface area contributed by atoms with Crippen molar-refractivity contribution in [3.8, 4) is 0 Å². The largest absolute Gasteiger partial charge is 0.481 e. The van der Waals surface area contributed by atoms with Gasteiger partial charge in [0.25, 0.3) is 0 Å². The van der Waals surface area contributed by atoms with Crippen LogP contribution in [0.3, 0.4) is 0 Å². The van der Waals surface area contributed by atoms with Crippen LogP contribution >= 0.6 is 11.8 Å². The van der Waals surface area contributed by atoms with Gasteiger partial charge >= 0.3 is 12.0 Å². The maximum atomic E-state index is 11.5. The predicted octanol–water partition coefficient (Wildman–Crippen LogP) is 1.07. The van der Waals surface area contributed by atoms with Gasteiger partial charge in [0.15, 0.2) is 0 Å². The molecule has 0 fully saturated rings. The summed E-state index contributed by atoms with van der Waals surface area (Å²) in [7, 11) is 0. The van der Waals surface area contributed by atoms with Crippen LogP contribution in [0.1, 0.15) is 13.3 Å². The predicted molar refractivity (Wildman–Crippen MR) is 68.2 cm³/mol. The molecule has 0 heterocycles. The third-order valence-electron chi connectivity index (χ3n) is 2.67. The van der Waals surface area contributed by atoms with Gasteiger partial charge in [-0.2, -0.15) is 11.8 Å².